The molecule has 0 bridgehead atoms. The number of halogens is 2. The molecule has 0 saturated carbocycles. The van der Waals surface area contributed by atoms with E-state index >= 15 is 0 Å². The molecule has 0 radical (unpaired) electrons. The Morgan fingerprint density at radius 3 is 2.41 bits per heavy atom. The van der Waals surface area contributed by atoms with Crippen LogP contribution in [0.25, 0.3) is 0 Å². The van der Waals surface area contributed by atoms with Crippen LogP contribution < -0.4 is 21.3 Å². The van der Waals surface area contributed by atoms with Crippen molar-refractivity contribution in [2.24, 2.45) is 5.84 Å². The van der Waals surface area contributed by atoms with E-state index in [0.717, 1.165) is 0 Å². The fourth-order valence-corrected chi connectivity index (χ4v) is 2.28. The van der Waals surface area contributed by atoms with Crippen LogP contribution in [0.1, 0.15) is 0 Å². The van der Waals surface area contributed by atoms with E-state index in [1.807, 2.05) is 0 Å². The number of anilines is 1. The van der Waals surface area contributed by atoms with E-state index in [0.29, 0.717) is 20.4 Å². The summed E-state index contributed by atoms with van der Waals surface area (Å²) in [5.74, 6) is 3.57. The third kappa shape index (κ3) is 3.42. The average Bonchev–Trinajstić information content (AvgIpc) is 2.31. The van der Waals surface area contributed by atoms with E-state index < -0.39 is 11.8 Å². The van der Waals surface area contributed by atoms with Crippen molar-refractivity contribution in [2.75, 3.05) is 12.4 Å². The third-order valence-corrected chi connectivity index (χ3v) is 3.10. The summed E-state index contributed by atoms with van der Waals surface area (Å²) in [6.45, 7) is 0. The maximum Gasteiger partial charge on any atom is 0.323 e. The number of nitrogens with one attached hydrogen (secondary N) is 2. The summed E-state index contributed by atoms with van der Waals surface area (Å²) in [5, 5.41) is 2.38. The van der Waals surface area contributed by atoms with E-state index in [-0.39, 0.29) is 0 Å². The van der Waals surface area contributed by atoms with Crippen molar-refractivity contribution in [3.63, 3.8) is 0 Å². The summed E-state index contributed by atoms with van der Waals surface area (Å²) in [4.78, 5) is 22.2. The van der Waals surface area contributed by atoms with Crippen molar-refractivity contribution in [3.8, 4) is 5.75 Å². The molecule has 4 N–H and O–H groups in total. The normalized spacial score (nSPS) is 9.65. The number of nitrogens with two attached hydrogens (primary N) is 1. The molecule has 17 heavy (non-hydrogen) atoms. The molecule has 8 heteroatoms. The van der Waals surface area contributed by atoms with Gasteiger partial charge in [-0.25, -0.2) is 5.84 Å². The molecule has 0 aliphatic rings. The molecule has 0 atom stereocenters. The number of hydrazine groups is 1. The van der Waals surface area contributed by atoms with Crippen LogP contribution in [0.15, 0.2) is 21.1 Å². The molecule has 0 heterocycles. The first kappa shape index (κ1) is 13.9. The van der Waals surface area contributed by atoms with Crippen LogP contribution in [-0.2, 0) is 9.59 Å². The van der Waals surface area contributed by atoms with E-state index in [1.165, 1.54) is 7.11 Å². The number of hydrogen-bond acceptors (Lipinski definition) is 4. The molecule has 92 valence electrons. The molecule has 0 saturated heterocycles. The van der Waals surface area contributed by atoms with Crippen molar-refractivity contribution in [2.45, 2.75) is 0 Å². The highest BCUT2D eigenvalue weighted by molar-refractivity contribution is 9.11. The van der Waals surface area contributed by atoms with Crippen LogP contribution in [0.5, 0.6) is 5.75 Å². The Balaban J connectivity index is 2.99. The lowest BCUT2D eigenvalue weighted by Crippen LogP contribution is -2.39. The first-order valence-electron chi connectivity index (χ1n) is 4.34. The largest absolute Gasteiger partial charge is 0.495 e. The summed E-state index contributed by atoms with van der Waals surface area (Å²) in [6.07, 6.45) is 0. The molecule has 2 amide bonds. The van der Waals surface area contributed by atoms with Crippen LogP contribution in [0.3, 0.4) is 0 Å². The summed E-state index contributed by atoms with van der Waals surface area (Å²) in [7, 11) is 1.49. The highest BCUT2D eigenvalue weighted by atomic mass is 79.9. The monoisotopic (exact) mass is 365 g/mol. The van der Waals surface area contributed by atoms with Crippen LogP contribution in [-0.4, -0.2) is 18.9 Å². The lowest BCUT2D eigenvalue weighted by Gasteiger charge is -2.10. The predicted molar refractivity (Wildman–Crippen MR) is 69.4 cm³/mol. The SMILES string of the molecule is COc1cc(NC(=O)C(=O)NN)c(Br)cc1Br. The van der Waals surface area contributed by atoms with Crippen molar-refractivity contribution >= 4 is 49.4 Å². The number of amides is 2. The Labute approximate surface area is 114 Å². The zero-order chi connectivity index (χ0) is 13.0. The third-order valence-electron chi connectivity index (χ3n) is 1.83. The Hall–Kier alpha value is -1.12. The summed E-state index contributed by atoms with van der Waals surface area (Å²) < 4.78 is 6.38. The number of carbonyl (C=O) groups excluding carboxylic acids is 2. The van der Waals surface area contributed by atoms with Crippen molar-refractivity contribution in [1.82, 2.24) is 5.43 Å². The van der Waals surface area contributed by atoms with E-state index in [4.69, 9.17) is 10.6 Å². The molecule has 0 aliphatic heterocycles. The average molecular weight is 367 g/mol. The molecule has 1 rings (SSSR count). The van der Waals surface area contributed by atoms with Crippen molar-refractivity contribution < 1.29 is 14.3 Å². The first-order chi connectivity index (χ1) is 7.99. The summed E-state index contributed by atoms with van der Waals surface area (Å²) in [5.41, 5.74) is 2.14. The van der Waals surface area contributed by atoms with Gasteiger partial charge in [-0.3, -0.25) is 15.0 Å². The van der Waals surface area contributed by atoms with Crippen molar-refractivity contribution in [1.29, 1.82) is 0 Å². The molecule has 1 aromatic carbocycles. The molecule has 0 spiro atoms. The minimum Gasteiger partial charge on any atom is -0.495 e. The van der Waals surface area contributed by atoms with Crippen LogP contribution in [0, 0.1) is 0 Å². The predicted octanol–water partition coefficient (Wildman–Crippen LogP) is 1.15. The number of hydrogen-bond donors (Lipinski definition) is 3. The zero-order valence-corrected chi connectivity index (χ0v) is 11.9. The van der Waals surface area contributed by atoms with E-state index in [9.17, 15) is 9.59 Å². The van der Waals surface area contributed by atoms with Crippen LogP contribution in [0.2, 0.25) is 0 Å². The smallest absolute Gasteiger partial charge is 0.323 e. The second kappa shape index (κ2) is 5.99. The topological polar surface area (TPSA) is 93.4 Å². The molecule has 0 aliphatic carbocycles. The van der Waals surface area contributed by atoms with Gasteiger partial charge in [0.2, 0.25) is 0 Å². The first-order valence-corrected chi connectivity index (χ1v) is 5.93. The Morgan fingerprint density at radius 2 is 1.88 bits per heavy atom. The molecule has 1 aromatic rings. The van der Waals surface area contributed by atoms with Gasteiger partial charge >= 0.3 is 11.8 Å². The van der Waals surface area contributed by atoms with Gasteiger partial charge in [0, 0.05) is 10.5 Å². The van der Waals surface area contributed by atoms with Gasteiger partial charge in [-0.2, -0.15) is 0 Å². The van der Waals surface area contributed by atoms with Gasteiger partial charge < -0.3 is 10.1 Å². The van der Waals surface area contributed by atoms with Gasteiger partial charge in [-0.15, -0.1) is 0 Å². The second-order valence-electron chi connectivity index (χ2n) is 2.89. The van der Waals surface area contributed by atoms with Crippen molar-refractivity contribution in [3.05, 3.63) is 21.1 Å². The standard InChI is InChI=1S/C9H9Br2N3O3/c1-17-7-3-6(4(10)2-5(7)11)13-8(15)9(16)14-12/h2-3H,12H2,1H3,(H,13,15)(H,14,16). The lowest BCUT2D eigenvalue weighted by atomic mass is 10.3. The number of benzene rings is 1. The maximum absolute atomic E-state index is 11.3. The summed E-state index contributed by atoms with van der Waals surface area (Å²) >= 11 is 6.53. The van der Waals surface area contributed by atoms with Gasteiger partial charge in [0.1, 0.15) is 5.75 Å². The fourth-order valence-electron chi connectivity index (χ4n) is 1.03. The van der Waals surface area contributed by atoms with E-state index in [1.54, 1.807) is 17.6 Å². The minimum atomic E-state index is -0.932. The minimum absolute atomic E-state index is 0.402. The lowest BCUT2D eigenvalue weighted by molar-refractivity contribution is -0.136. The van der Waals surface area contributed by atoms with Gasteiger partial charge in [0.05, 0.1) is 17.3 Å². The van der Waals surface area contributed by atoms with Gasteiger partial charge in [-0.1, -0.05) is 0 Å². The Kier molecular flexibility index (Phi) is 4.91. The van der Waals surface area contributed by atoms with Gasteiger partial charge in [0.15, 0.2) is 0 Å². The van der Waals surface area contributed by atoms with Gasteiger partial charge in [-0.05, 0) is 37.9 Å². The highest BCUT2D eigenvalue weighted by Gasteiger charge is 2.15. The molecule has 6 nitrogen and oxygen atoms in total. The molecular weight excluding hydrogens is 358 g/mol. The second-order valence-corrected chi connectivity index (χ2v) is 4.60. The molecule has 0 unspecified atom stereocenters. The molecule has 0 fully saturated rings. The quantitative estimate of drug-likeness (QED) is 0.317. The molecular formula is C9H9Br2N3O3. The zero-order valence-electron chi connectivity index (χ0n) is 8.71. The number of methoxy groups -OCH3 is 1. The summed E-state index contributed by atoms with van der Waals surface area (Å²) in [6, 6.07) is 3.25. The maximum atomic E-state index is 11.3. The van der Waals surface area contributed by atoms with E-state index in [2.05, 4.69) is 37.2 Å². The number of ether oxygens (including phenoxy) is 1. The fraction of sp³-hybridized carbons (Fsp3) is 0.111. The van der Waals surface area contributed by atoms with Gasteiger partial charge in [0.25, 0.3) is 0 Å². The van der Waals surface area contributed by atoms with Crippen LogP contribution >= 0.6 is 31.9 Å². The Bertz CT molecular complexity index is 465. The number of rotatable bonds is 2. The molecule has 0 aromatic heterocycles. The number of carbonyl (C=O) groups is 2. The van der Waals surface area contributed by atoms with Crippen LogP contribution in [0.4, 0.5) is 5.69 Å². The Morgan fingerprint density at radius 1 is 1.24 bits per heavy atom. The highest BCUT2D eigenvalue weighted by Crippen LogP contribution is 2.34.